The lowest BCUT2D eigenvalue weighted by Crippen LogP contribution is -2.29. The summed E-state index contributed by atoms with van der Waals surface area (Å²) in [6.07, 6.45) is 0. The van der Waals surface area contributed by atoms with Crippen LogP contribution in [0.25, 0.3) is 10.2 Å². The summed E-state index contributed by atoms with van der Waals surface area (Å²) in [4.78, 5) is 28.8. The number of thiazole rings is 1. The first kappa shape index (κ1) is 22.7. The fourth-order valence-corrected chi connectivity index (χ4v) is 7.45. The van der Waals surface area contributed by atoms with Crippen LogP contribution >= 0.6 is 46.5 Å². The molecule has 2 aliphatic rings. The number of thioether (sulfide) groups is 2. The van der Waals surface area contributed by atoms with E-state index in [4.69, 9.17) is 16.6 Å². The highest BCUT2D eigenvalue weighted by Gasteiger charge is 2.40. The van der Waals surface area contributed by atoms with Crippen molar-refractivity contribution in [1.29, 1.82) is 0 Å². The Labute approximate surface area is 220 Å². The van der Waals surface area contributed by atoms with Crippen molar-refractivity contribution < 1.29 is 4.79 Å². The van der Waals surface area contributed by atoms with Crippen LogP contribution in [0.2, 0.25) is 5.02 Å². The number of amides is 1. The lowest BCUT2D eigenvalue weighted by molar-refractivity contribution is -0.113. The molecule has 0 radical (unpaired) electrons. The molecule has 4 aromatic rings. The van der Waals surface area contributed by atoms with Gasteiger partial charge in [-0.2, -0.15) is 0 Å². The molecule has 5 nitrogen and oxygen atoms in total. The first-order valence-corrected chi connectivity index (χ1v) is 13.7. The van der Waals surface area contributed by atoms with Crippen molar-refractivity contribution in [2.24, 2.45) is 4.99 Å². The van der Waals surface area contributed by atoms with Crippen molar-refractivity contribution in [3.63, 3.8) is 0 Å². The Bertz CT molecular complexity index is 1590. The van der Waals surface area contributed by atoms with Crippen LogP contribution in [0, 0.1) is 13.8 Å². The molecule has 174 valence electrons. The third-order valence-corrected chi connectivity index (χ3v) is 9.30. The highest BCUT2D eigenvalue weighted by Crippen LogP contribution is 2.51. The molecule has 0 N–H and O–H groups in total. The minimum Gasteiger partial charge on any atom is -0.337 e. The van der Waals surface area contributed by atoms with E-state index in [0.717, 1.165) is 47.8 Å². The number of carbonyl (C=O) groups is 1. The average Bonchev–Trinajstić information content (AvgIpc) is 3.46. The normalized spacial score (nSPS) is 18.9. The van der Waals surface area contributed by atoms with Gasteiger partial charge in [-0.25, -0.2) is 9.98 Å². The summed E-state index contributed by atoms with van der Waals surface area (Å²) in [5.41, 5.74) is 4.64. The molecule has 1 amide bonds. The Hall–Kier alpha value is -2.78. The van der Waals surface area contributed by atoms with Crippen LogP contribution in [-0.4, -0.2) is 23.1 Å². The molecule has 3 aromatic carbocycles. The Kier molecular flexibility index (Phi) is 5.64. The summed E-state index contributed by atoms with van der Waals surface area (Å²) in [7, 11) is 1.97. The van der Waals surface area contributed by atoms with Gasteiger partial charge < -0.3 is 4.90 Å². The van der Waals surface area contributed by atoms with Crippen molar-refractivity contribution in [2.75, 3.05) is 16.8 Å². The van der Waals surface area contributed by atoms with Gasteiger partial charge in [-0.05, 0) is 79.7 Å². The van der Waals surface area contributed by atoms with Crippen LogP contribution in [0.3, 0.4) is 0 Å². The number of rotatable bonds is 2. The van der Waals surface area contributed by atoms with E-state index in [1.165, 1.54) is 11.8 Å². The molecule has 1 aromatic heterocycles. The van der Waals surface area contributed by atoms with Gasteiger partial charge in [0.2, 0.25) is 0 Å². The lowest BCUT2D eigenvalue weighted by Gasteiger charge is -2.17. The number of carbonyl (C=O) groups excluding carboxylic acids is 1. The van der Waals surface area contributed by atoms with Crippen molar-refractivity contribution in [3.05, 3.63) is 86.2 Å². The Balaban J connectivity index is 1.47. The highest BCUT2D eigenvalue weighted by molar-refractivity contribution is 8.20. The van der Waals surface area contributed by atoms with Gasteiger partial charge in [-0.3, -0.25) is 9.69 Å². The van der Waals surface area contributed by atoms with Crippen molar-refractivity contribution in [3.8, 4) is 0 Å². The maximum Gasteiger partial charge on any atom is 0.274 e. The first-order valence-electron chi connectivity index (χ1n) is 10.9. The van der Waals surface area contributed by atoms with Crippen LogP contribution in [0.15, 0.2) is 80.5 Å². The van der Waals surface area contributed by atoms with E-state index in [1.54, 1.807) is 28.0 Å². The van der Waals surface area contributed by atoms with E-state index >= 15 is 0 Å². The van der Waals surface area contributed by atoms with Crippen LogP contribution in [0.5, 0.6) is 0 Å². The second kappa shape index (κ2) is 8.71. The number of aromatic nitrogens is 1. The second-order valence-electron chi connectivity index (χ2n) is 8.27. The predicted molar refractivity (Wildman–Crippen MR) is 150 cm³/mol. The number of aryl methyl sites for hydroxylation is 2. The van der Waals surface area contributed by atoms with E-state index in [2.05, 4.69) is 4.98 Å². The van der Waals surface area contributed by atoms with Gasteiger partial charge in [-0.15, -0.1) is 11.3 Å². The molecule has 0 bridgehead atoms. The van der Waals surface area contributed by atoms with E-state index < -0.39 is 0 Å². The van der Waals surface area contributed by atoms with Crippen molar-refractivity contribution in [1.82, 2.24) is 4.98 Å². The zero-order chi connectivity index (χ0) is 24.3. The number of anilines is 2. The molecule has 0 saturated carbocycles. The third-order valence-electron chi connectivity index (χ3n) is 5.73. The number of fused-ring (bicyclic) bond motifs is 2. The Morgan fingerprint density at radius 1 is 1.00 bits per heavy atom. The van der Waals surface area contributed by atoms with Crippen LogP contribution in [-0.2, 0) is 4.79 Å². The van der Waals surface area contributed by atoms with Crippen LogP contribution < -0.4 is 9.80 Å². The summed E-state index contributed by atoms with van der Waals surface area (Å²) in [5, 5.41) is 3.20. The van der Waals surface area contributed by atoms with E-state index in [1.807, 2.05) is 86.5 Å². The van der Waals surface area contributed by atoms with E-state index in [0.29, 0.717) is 15.1 Å². The molecule has 9 heteroatoms. The highest BCUT2D eigenvalue weighted by atomic mass is 35.5. The Morgan fingerprint density at radius 2 is 1.86 bits per heavy atom. The van der Waals surface area contributed by atoms with E-state index in [9.17, 15) is 4.79 Å². The van der Waals surface area contributed by atoms with Gasteiger partial charge in [0.15, 0.2) is 5.17 Å². The zero-order valence-corrected chi connectivity index (χ0v) is 22.3. The van der Waals surface area contributed by atoms with E-state index in [-0.39, 0.29) is 5.91 Å². The van der Waals surface area contributed by atoms with Crippen LogP contribution in [0.1, 0.15) is 10.6 Å². The smallest absolute Gasteiger partial charge is 0.274 e. The number of hydrogen-bond acceptors (Lipinski definition) is 7. The molecule has 0 aliphatic carbocycles. The molecule has 0 spiro atoms. The molecule has 0 atom stereocenters. The summed E-state index contributed by atoms with van der Waals surface area (Å²) in [6, 6.07) is 19.7. The van der Waals surface area contributed by atoms with Gasteiger partial charge in [0.25, 0.3) is 5.91 Å². The first-order chi connectivity index (χ1) is 16.9. The fourth-order valence-electron chi connectivity index (χ4n) is 4.10. The fraction of sp³-hybridized carbons (Fsp3) is 0.115. The third kappa shape index (κ3) is 4.04. The minimum absolute atomic E-state index is 0.0812. The number of aliphatic imine (C=N–C) groups is 1. The number of amidine groups is 1. The maximum atomic E-state index is 13.9. The largest absolute Gasteiger partial charge is 0.337 e. The standard InChI is InChI=1S/C26H19ClN4OS3/c1-14-5-4-6-18(11-14)31-24(32)23(25-30(3)20-12-16(27)7-10-21(20)34-25)35-26(31)29-17-8-9-19-22(13-17)33-15(2)28-19/h4-13H,1-3H3/b25-23-,29-26?. The summed E-state index contributed by atoms with van der Waals surface area (Å²) in [6.45, 7) is 4.02. The molecular weight excluding hydrogens is 516 g/mol. The van der Waals surface area contributed by atoms with Gasteiger partial charge >= 0.3 is 0 Å². The molecule has 0 unspecified atom stereocenters. The number of nitrogens with zero attached hydrogens (tertiary/aromatic N) is 4. The molecule has 6 rings (SSSR count). The number of benzene rings is 3. The monoisotopic (exact) mass is 534 g/mol. The zero-order valence-electron chi connectivity index (χ0n) is 19.1. The molecular formula is C26H19ClN4OS3. The Morgan fingerprint density at radius 3 is 2.69 bits per heavy atom. The van der Waals surface area contributed by atoms with Gasteiger partial charge in [0, 0.05) is 17.0 Å². The number of halogens is 1. The molecule has 2 aliphatic heterocycles. The number of hydrogen-bond donors (Lipinski definition) is 0. The quantitative estimate of drug-likeness (QED) is 0.246. The van der Waals surface area contributed by atoms with Gasteiger partial charge in [-0.1, -0.05) is 35.5 Å². The summed E-state index contributed by atoms with van der Waals surface area (Å²) >= 11 is 10.9. The van der Waals surface area contributed by atoms with Crippen molar-refractivity contribution >= 4 is 84.8 Å². The topological polar surface area (TPSA) is 48.8 Å². The van der Waals surface area contributed by atoms with Gasteiger partial charge in [0.05, 0.1) is 37.3 Å². The minimum atomic E-state index is -0.0812. The van der Waals surface area contributed by atoms with Gasteiger partial charge in [0.1, 0.15) is 4.91 Å². The molecule has 1 saturated heterocycles. The lowest BCUT2D eigenvalue weighted by atomic mass is 10.2. The SMILES string of the molecule is Cc1cccc(N2C(=O)/C(=C3/Sc4ccc(Cl)cc4N3C)SC2=Nc2ccc3nc(C)sc3c2)c1. The van der Waals surface area contributed by atoms with Crippen LogP contribution in [0.4, 0.5) is 17.1 Å². The molecule has 1 fully saturated rings. The second-order valence-corrected chi connectivity index (χ2v) is 11.9. The molecule has 35 heavy (non-hydrogen) atoms. The summed E-state index contributed by atoms with van der Waals surface area (Å²) < 4.78 is 1.08. The van der Waals surface area contributed by atoms with Crippen molar-refractivity contribution in [2.45, 2.75) is 18.7 Å². The molecule has 3 heterocycles. The average molecular weight is 535 g/mol. The predicted octanol–water partition coefficient (Wildman–Crippen LogP) is 7.75. The maximum absolute atomic E-state index is 13.9. The summed E-state index contributed by atoms with van der Waals surface area (Å²) in [5.74, 6) is -0.0812.